The van der Waals surface area contributed by atoms with Crippen LogP contribution in [0.2, 0.25) is 5.02 Å². The minimum absolute atomic E-state index is 0.132. The van der Waals surface area contributed by atoms with Crippen molar-refractivity contribution in [3.05, 3.63) is 59.1 Å². The van der Waals surface area contributed by atoms with E-state index in [0.29, 0.717) is 17.2 Å². The van der Waals surface area contributed by atoms with E-state index in [-0.39, 0.29) is 11.9 Å². The van der Waals surface area contributed by atoms with Gasteiger partial charge in [-0.2, -0.15) is 0 Å². The summed E-state index contributed by atoms with van der Waals surface area (Å²) in [4.78, 5) is 12.5. The van der Waals surface area contributed by atoms with Crippen molar-refractivity contribution in [1.82, 2.24) is 5.32 Å². The number of ether oxygens (including phenoxy) is 2. The molecule has 2 unspecified atom stereocenters. The molecule has 0 bridgehead atoms. The van der Waals surface area contributed by atoms with E-state index in [4.69, 9.17) is 21.1 Å². The zero-order chi connectivity index (χ0) is 17.5. The van der Waals surface area contributed by atoms with Crippen LogP contribution in [0.4, 0.5) is 0 Å². The number of hydrogen-bond donors (Lipinski definition) is 1. The lowest BCUT2D eigenvalue weighted by Gasteiger charge is -2.21. The minimum atomic E-state index is -0.592. The summed E-state index contributed by atoms with van der Waals surface area (Å²) in [6.07, 6.45) is -0.0440. The Kier molecular flexibility index (Phi) is 6.50. The first-order valence-electron chi connectivity index (χ1n) is 7.90. The number of nitrogens with one attached hydrogen (secondary N) is 1. The Morgan fingerprint density at radius 3 is 2.42 bits per heavy atom. The molecule has 0 spiro atoms. The van der Waals surface area contributed by atoms with Crippen LogP contribution in [0.25, 0.3) is 0 Å². The molecule has 4 nitrogen and oxygen atoms in total. The molecule has 128 valence electrons. The van der Waals surface area contributed by atoms with Gasteiger partial charge in [-0.05, 0) is 43.2 Å². The molecule has 24 heavy (non-hydrogen) atoms. The van der Waals surface area contributed by atoms with Crippen LogP contribution in [0.15, 0.2) is 48.5 Å². The molecule has 0 aliphatic carbocycles. The largest absolute Gasteiger partial charge is 0.497 e. The number of para-hydroxylation sites is 1. The monoisotopic (exact) mass is 347 g/mol. The molecule has 0 radical (unpaired) electrons. The van der Waals surface area contributed by atoms with Gasteiger partial charge in [0.25, 0.3) is 5.91 Å². The molecule has 0 saturated heterocycles. The van der Waals surface area contributed by atoms with Gasteiger partial charge >= 0.3 is 0 Å². The lowest BCUT2D eigenvalue weighted by atomic mass is 10.1. The average molecular weight is 348 g/mol. The third-order valence-corrected chi connectivity index (χ3v) is 4.06. The van der Waals surface area contributed by atoms with Gasteiger partial charge in [-0.3, -0.25) is 4.79 Å². The number of carbonyl (C=O) groups excluding carboxylic acids is 1. The summed E-state index contributed by atoms with van der Waals surface area (Å²) in [5.74, 6) is 1.13. The molecule has 5 heteroatoms. The average Bonchev–Trinajstić information content (AvgIpc) is 2.61. The molecule has 2 aromatic rings. The van der Waals surface area contributed by atoms with Gasteiger partial charge in [-0.15, -0.1) is 0 Å². The fraction of sp³-hybridized carbons (Fsp3) is 0.316. The van der Waals surface area contributed by atoms with Gasteiger partial charge in [0.15, 0.2) is 6.10 Å². The summed E-state index contributed by atoms with van der Waals surface area (Å²) in [5.41, 5.74) is 0.997. The van der Waals surface area contributed by atoms with E-state index in [0.717, 1.165) is 11.3 Å². The Morgan fingerprint density at radius 2 is 1.83 bits per heavy atom. The first-order chi connectivity index (χ1) is 11.5. The zero-order valence-electron chi connectivity index (χ0n) is 14.1. The molecule has 0 heterocycles. The summed E-state index contributed by atoms with van der Waals surface area (Å²) < 4.78 is 10.9. The maximum absolute atomic E-state index is 12.5. The van der Waals surface area contributed by atoms with Crippen molar-refractivity contribution in [2.24, 2.45) is 0 Å². The maximum atomic E-state index is 12.5. The van der Waals surface area contributed by atoms with Gasteiger partial charge < -0.3 is 14.8 Å². The minimum Gasteiger partial charge on any atom is -0.497 e. The molecule has 0 aromatic heterocycles. The van der Waals surface area contributed by atoms with E-state index in [2.05, 4.69) is 5.32 Å². The predicted molar refractivity (Wildman–Crippen MR) is 95.7 cm³/mol. The van der Waals surface area contributed by atoms with Crippen LogP contribution in [0.1, 0.15) is 31.9 Å². The standard InChI is InChI=1S/C19H22ClNO3/c1-4-17(24-18-8-6-5-7-16(18)20)19(22)21-13(2)14-9-11-15(23-3)12-10-14/h5-13,17H,4H2,1-3H3,(H,21,22). The summed E-state index contributed by atoms with van der Waals surface area (Å²) in [7, 11) is 1.62. The summed E-state index contributed by atoms with van der Waals surface area (Å²) in [5, 5.41) is 3.47. The van der Waals surface area contributed by atoms with Crippen molar-refractivity contribution in [2.75, 3.05) is 7.11 Å². The number of rotatable bonds is 7. The van der Waals surface area contributed by atoms with Gasteiger partial charge in [-0.1, -0.05) is 42.8 Å². The second kappa shape index (κ2) is 8.60. The predicted octanol–water partition coefficient (Wildman–Crippen LogP) is 4.38. The highest BCUT2D eigenvalue weighted by molar-refractivity contribution is 6.32. The van der Waals surface area contributed by atoms with Crippen molar-refractivity contribution in [2.45, 2.75) is 32.4 Å². The van der Waals surface area contributed by atoms with Gasteiger partial charge in [0.1, 0.15) is 11.5 Å². The lowest BCUT2D eigenvalue weighted by molar-refractivity contribution is -0.128. The first-order valence-corrected chi connectivity index (χ1v) is 8.28. The summed E-state index contributed by atoms with van der Waals surface area (Å²) >= 11 is 6.09. The van der Waals surface area contributed by atoms with Crippen LogP contribution in [0.3, 0.4) is 0 Å². The second-order valence-electron chi connectivity index (χ2n) is 5.45. The molecule has 2 atom stereocenters. The number of carbonyl (C=O) groups is 1. The van der Waals surface area contributed by atoms with Crippen molar-refractivity contribution in [3.63, 3.8) is 0 Å². The van der Waals surface area contributed by atoms with E-state index in [1.54, 1.807) is 19.2 Å². The Morgan fingerprint density at radius 1 is 1.17 bits per heavy atom. The molecule has 1 amide bonds. The Balaban J connectivity index is 2.01. The van der Waals surface area contributed by atoms with Crippen LogP contribution in [-0.2, 0) is 4.79 Å². The number of halogens is 1. The SMILES string of the molecule is CCC(Oc1ccccc1Cl)C(=O)NC(C)c1ccc(OC)cc1. The Hall–Kier alpha value is -2.20. The molecule has 1 N–H and O–H groups in total. The van der Waals surface area contributed by atoms with Crippen molar-refractivity contribution in [3.8, 4) is 11.5 Å². The van der Waals surface area contributed by atoms with Crippen molar-refractivity contribution < 1.29 is 14.3 Å². The van der Waals surface area contributed by atoms with E-state index >= 15 is 0 Å². The Bertz CT molecular complexity index is 673. The van der Waals surface area contributed by atoms with E-state index in [9.17, 15) is 4.79 Å². The topological polar surface area (TPSA) is 47.6 Å². The molecule has 0 aliphatic heterocycles. The highest BCUT2D eigenvalue weighted by Crippen LogP contribution is 2.25. The Labute approximate surface area is 147 Å². The highest BCUT2D eigenvalue weighted by atomic mass is 35.5. The maximum Gasteiger partial charge on any atom is 0.261 e. The van der Waals surface area contributed by atoms with Crippen LogP contribution in [0.5, 0.6) is 11.5 Å². The van der Waals surface area contributed by atoms with E-state index in [1.807, 2.05) is 50.2 Å². The highest BCUT2D eigenvalue weighted by Gasteiger charge is 2.21. The third kappa shape index (κ3) is 4.65. The zero-order valence-corrected chi connectivity index (χ0v) is 14.8. The number of amides is 1. The second-order valence-corrected chi connectivity index (χ2v) is 5.86. The molecule has 2 rings (SSSR count). The van der Waals surface area contributed by atoms with Crippen LogP contribution in [0, 0.1) is 0 Å². The molecule has 0 fully saturated rings. The molecule has 2 aromatic carbocycles. The van der Waals surface area contributed by atoms with Crippen molar-refractivity contribution >= 4 is 17.5 Å². The van der Waals surface area contributed by atoms with Gasteiger partial charge in [-0.25, -0.2) is 0 Å². The molecule has 0 saturated carbocycles. The fourth-order valence-electron chi connectivity index (χ4n) is 2.30. The fourth-order valence-corrected chi connectivity index (χ4v) is 2.48. The summed E-state index contributed by atoms with van der Waals surface area (Å²) in [6.45, 7) is 3.83. The van der Waals surface area contributed by atoms with E-state index < -0.39 is 6.10 Å². The van der Waals surface area contributed by atoms with Crippen LogP contribution < -0.4 is 14.8 Å². The normalized spacial score (nSPS) is 13.0. The van der Waals surface area contributed by atoms with Gasteiger partial charge in [0.05, 0.1) is 18.2 Å². The van der Waals surface area contributed by atoms with Crippen molar-refractivity contribution in [1.29, 1.82) is 0 Å². The number of methoxy groups -OCH3 is 1. The first kappa shape index (κ1) is 18.1. The van der Waals surface area contributed by atoms with Gasteiger partial charge in [0, 0.05) is 0 Å². The number of benzene rings is 2. The lowest BCUT2D eigenvalue weighted by Crippen LogP contribution is -2.39. The number of hydrogen-bond acceptors (Lipinski definition) is 3. The van der Waals surface area contributed by atoms with Crippen LogP contribution in [-0.4, -0.2) is 19.1 Å². The molecular formula is C19H22ClNO3. The van der Waals surface area contributed by atoms with Crippen LogP contribution >= 0.6 is 11.6 Å². The summed E-state index contributed by atoms with van der Waals surface area (Å²) in [6, 6.07) is 14.6. The molecule has 0 aliphatic rings. The molecular weight excluding hydrogens is 326 g/mol. The van der Waals surface area contributed by atoms with Gasteiger partial charge in [0.2, 0.25) is 0 Å². The van der Waals surface area contributed by atoms with E-state index in [1.165, 1.54) is 0 Å². The smallest absolute Gasteiger partial charge is 0.261 e. The third-order valence-electron chi connectivity index (χ3n) is 3.74. The quantitative estimate of drug-likeness (QED) is 0.808.